The summed E-state index contributed by atoms with van der Waals surface area (Å²) in [6.07, 6.45) is 2.85. The minimum Gasteiger partial charge on any atom is -0.348 e. The quantitative estimate of drug-likeness (QED) is 0.783. The summed E-state index contributed by atoms with van der Waals surface area (Å²) in [5.74, 6) is -0.236. The van der Waals surface area contributed by atoms with E-state index in [4.69, 9.17) is 0 Å². The zero-order valence-electron chi connectivity index (χ0n) is 14.8. The average molecular weight is 339 g/mol. The highest BCUT2D eigenvalue weighted by molar-refractivity contribution is 5.77. The fourth-order valence-electron chi connectivity index (χ4n) is 2.93. The molecule has 0 aliphatic heterocycles. The predicted octanol–water partition coefficient (Wildman–Crippen LogP) is 1.62. The Morgan fingerprint density at radius 3 is 2.84 bits per heavy atom. The molecule has 3 aromatic rings. The van der Waals surface area contributed by atoms with Crippen LogP contribution < -0.4 is 10.9 Å². The molecule has 0 unspecified atom stereocenters. The van der Waals surface area contributed by atoms with E-state index < -0.39 is 0 Å². The van der Waals surface area contributed by atoms with Gasteiger partial charge in [0.2, 0.25) is 5.91 Å². The summed E-state index contributed by atoms with van der Waals surface area (Å²) in [6.45, 7) is 5.89. The lowest BCUT2D eigenvalue weighted by Crippen LogP contribution is -2.34. The molecule has 0 saturated heterocycles. The number of nitrogens with one attached hydrogen (secondary N) is 1. The Morgan fingerprint density at radius 2 is 2.08 bits per heavy atom. The van der Waals surface area contributed by atoms with E-state index >= 15 is 0 Å². The molecule has 0 aliphatic carbocycles. The molecule has 0 fully saturated rings. The molecule has 2 aromatic heterocycles. The monoisotopic (exact) mass is 339 g/mol. The third-order valence-electron chi connectivity index (χ3n) is 4.31. The van der Waals surface area contributed by atoms with Crippen LogP contribution in [-0.2, 0) is 18.4 Å². The fourth-order valence-corrected chi connectivity index (χ4v) is 2.93. The minimum absolute atomic E-state index is 0.0775. The summed E-state index contributed by atoms with van der Waals surface area (Å²) in [5.41, 5.74) is 3.57. The van der Waals surface area contributed by atoms with Gasteiger partial charge in [-0.05, 0) is 31.9 Å². The molecule has 1 aromatic carbocycles. The maximum absolute atomic E-state index is 12.4. The van der Waals surface area contributed by atoms with Crippen molar-refractivity contribution in [1.82, 2.24) is 24.6 Å². The molecule has 25 heavy (non-hydrogen) atoms. The second-order valence-electron chi connectivity index (χ2n) is 6.33. The maximum Gasteiger partial charge on any atom is 0.264 e. The summed E-state index contributed by atoms with van der Waals surface area (Å²) >= 11 is 0. The number of aryl methyl sites for hydroxylation is 3. The van der Waals surface area contributed by atoms with Gasteiger partial charge < -0.3 is 5.32 Å². The normalized spacial score (nSPS) is 12.3. The van der Waals surface area contributed by atoms with Crippen LogP contribution in [0.1, 0.15) is 29.7 Å². The third kappa shape index (κ3) is 3.31. The largest absolute Gasteiger partial charge is 0.348 e. The highest BCUT2D eigenvalue weighted by Crippen LogP contribution is 2.18. The smallest absolute Gasteiger partial charge is 0.264 e. The topological polar surface area (TPSA) is 81.8 Å². The maximum atomic E-state index is 12.4. The molecule has 1 atom stereocenters. The van der Waals surface area contributed by atoms with Gasteiger partial charge in [0.1, 0.15) is 18.3 Å². The molecule has 7 heteroatoms. The Balaban J connectivity index is 1.77. The van der Waals surface area contributed by atoms with Crippen LogP contribution in [0.2, 0.25) is 0 Å². The first-order valence-electron chi connectivity index (χ1n) is 8.10. The molecule has 0 radical (unpaired) electrons. The van der Waals surface area contributed by atoms with Crippen LogP contribution in [-0.4, -0.2) is 25.2 Å². The molecule has 7 nitrogen and oxygen atoms in total. The van der Waals surface area contributed by atoms with E-state index in [1.807, 2.05) is 32.9 Å². The van der Waals surface area contributed by atoms with E-state index in [0.29, 0.717) is 11.0 Å². The van der Waals surface area contributed by atoms with Gasteiger partial charge in [0.05, 0.1) is 12.2 Å². The fraction of sp³-hybridized carbons (Fsp3) is 0.333. The Bertz CT molecular complexity index is 1000. The number of fused-ring (bicyclic) bond motifs is 1. The Kier molecular flexibility index (Phi) is 4.39. The second kappa shape index (κ2) is 6.51. The van der Waals surface area contributed by atoms with Gasteiger partial charge in [-0.2, -0.15) is 5.10 Å². The van der Waals surface area contributed by atoms with E-state index in [1.54, 1.807) is 7.05 Å². The van der Waals surface area contributed by atoms with Gasteiger partial charge in [0.15, 0.2) is 5.65 Å². The van der Waals surface area contributed by atoms with Crippen molar-refractivity contribution < 1.29 is 4.79 Å². The van der Waals surface area contributed by atoms with Crippen molar-refractivity contribution in [3.05, 3.63) is 57.8 Å². The number of nitrogens with zero attached hydrogens (tertiary/aromatic N) is 4. The van der Waals surface area contributed by atoms with Crippen LogP contribution >= 0.6 is 0 Å². The van der Waals surface area contributed by atoms with Crippen molar-refractivity contribution in [1.29, 1.82) is 0 Å². The molecule has 0 saturated carbocycles. The molecular formula is C18H21N5O2. The van der Waals surface area contributed by atoms with Crippen molar-refractivity contribution in [3.63, 3.8) is 0 Å². The Morgan fingerprint density at radius 1 is 1.32 bits per heavy atom. The summed E-state index contributed by atoms with van der Waals surface area (Å²) < 4.78 is 2.83. The number of hydrogen-bond acceptors (Lipinski definition) is 4. The van der Waals surface area contributed by atoms with E-state index in [9.17, 15) is 9.59 Å². The lowest BCUT2D eigenvalue weighted by Gasteiger charge is -2.17. The van der Waals surface area contributed by atoms with Gasteiger partial charge in [-0.15, -0.1) is 0 Å². The number of aromatic nitrogens is 4. The zero-order valence-corrected chi connectivity index (χ0v) is 14.8. The molecular weight excluding hydrogens is 318 g/mol. The first kappa shape index (κ1) is 16.9. The lowest BCUT2D eigenvalue weighted by atomic mass is 10.00. The SMILES string of the molecule is Cc1ccc(C)c([C@@H](C)NC(=O)Cn2cnc3c(cnn3C)c2=O)c1. The first-order valence-corrected chi connectivity index (χ1v) is 8.10. The van der Waals surface area contributed by atoms with Crippen molar-refractivity contribution in [3.8, 4) is 0 Å². The van der Waals surface area contributed by atoms with Gasteiger partial charge in [0.25, 0.3) is 5.56 Å². The molecule has 0 aliphatic rings. The van der Waals surface area contributed by atoms with Gasteiger partial charge >= 0.3 is 0 Å². The van der Waals surface area contributed by atoms with Crippen LogP contribution in [0.15, 0.2) is 35.5 Å². The standard InChI is InChI=1S/C18H21N5O2/c1-11-5-6-12(2)14(7-11)13(3)21-16(24)9-23-10-19-17-15(18(23)25)8-20-22(17)4/h5-8,10,13H,9H2,1-4H3,(H,21,24)/t13-/m1/s1. The Labute approximate surface area is 145 Å². The van der Waals surface area contributed by atoms with Crippen molar-refractivity contribution in [2.75, 3.05) is 0 Å². The van der Waals surface area contributed by atoms with E-state index in [0.717, 1.165) is 16.7 Å². The zero-order chi connectivity index (χ0) is 18.1. The minimum atomic E-state index is -0.271. The highest BCUT2D eigenvalue weighted by Gasteiger charge is 2.14. The second-order valence-corrected chi connectivity index (χ2v) is 6.33. The summed E-state index contributed by atoms with van der Waals surface area (Å²) in [6, 6.07) is 6.01. The third-order valence-corrected chi connectivity index (χ3v) is 4.31. The molecule has 0 spiro atoms. The molecule has 1 amide bonds. The number of amides is 1. The number of carbonyl (C=O) groups excluding carboxylic acids is 1. The number of hydrogen-bond donors (Lipinski definition) is 1. The molecule has 0 bridgehead atoms. The van der Waals surface area contributed by atoms with Gasteiger partial charge in [0, 0.05) is 7.05 Å². The molecule has 2 heterocycles. The lowest BCUT2D eigenvalue weighted by molar-refractivity contribution is -0.122. The number of carbonyl (C=O) groups is 1. The van der Waals surface area contributed by atoms with Crippen LogP contribution in [0.4, 0.5) is 0 Å². The van der Waals surface area contributed by atoms with Crippen molar-refractivity contribution in [2.45, 2.75) is 33.4 Å². The summed E-state index contributed by atoms with van der Waals surface area (Å²) in [7, 11) is 1.72. The Hall–Kier alpha value is -2.96. The van der Waals surface area contributed by atoms with E-state index in [-0.39, 0.29) is 24.1 Å². The predicted molar refractivity (Wildman–Crippen MR) is 95.2 cm³/mol. The summed E-state index contributed by atoms with van der Waals surface area (Å²) in [4.78, 5) is 29.0. The number of benzene rings is 1. The molecule has 1 N–H and O–H groups in total. The van der Waals surface area contributed by atoms with E-state index in [1.165, 1.54) is 21.8 Å². The number of rotatable bonds is 4. The van der Waals surface area contributed by atoms with Gasteiger partial charge in [-0.3, -0.25) is 18.8 Å². The summed E-state index contributed by atoms with van der Waals surface area (Å²) in [5, 5.41) is 7.37. The van der Waals surface area contributed by atoms with Crippen LogP contribution in [0, 0.1) is 13.8 Å². The van der Waals surface area contributed by atoms with Crippen LogP contribution in [0.5, 0.6) is 0 Å². The van der Waals surface area contributed by atoms with Crippen LogP contribution in [0.25, 0.3) is 11.0 Å². The molecule has 130 valence electrons. The average Bonchev–Trinajstić information content (AvgIpc) is 2.94. The first-order chi connectivity index (χ1) is 11.9. The highest BCUT2D eigenvalue weighted by atomic mass is 16.2. The van der Waals surface area contributed by atoms with Crippen LogP contribution in [0.3, 0.4) is 0 Å². The van der Waals surface area contributed by atoms with Crippen molar-refractivity contribution >= 4 is 16.9 Å². The molecule has 3 rings (SSSR count). The van der Waals surface area contributed by atoms with Crippen molar-refractivity contribution in [2.24, 2.45) is 7.05 Å². The van der Waals surface area contributed by atoms with Gasteiger partial charge in [-0.25, -0.2) is 4.98 Å². The van der Waals surface area contributed by atoms with E-state index in [2.05, 4.69) is 21.5 Å². The van der Waals surface area contributed by atoms with Gasteiger partial charge in [-0.1, -0.05) is 23.8 Å².